The largest absolute Gasteiger partial charge is 0.350 e. The number of carbonyl (C=O) groups is 1. The van der Waals surface area contributed by atoms with Crippen LogP contribution in [0, 0.1) is 5.82 Å². The Hall–Kier alpha value is -2.12. The molecule has 29 heavy (non-hydrogen) atoms. The van der Waals surface area contributed by atoms with E-state index >= 15 is 0 Å². The number of carbonyl (C=O) groups excluding carboxylic acids is 1. The zero-order chi connectivity index (χ0) is 19.8. The van der Waals surface area contributed by atoms with E-state index in [1.807, 2.05) is 12.1 Å². The molecular weight excluding hydrogens is 414 g/mol. The predicted molar refractivity (Wildman–Crippen MR) is 117 cm³/mol. The van der Waals surface area contributed by atoms with Gasteiger partial charge in [0.05, 0.1) is 0 Å². The molecule has 0 fully saturated rings. The van der Waals surface area contributed by atoms with E-state index < -0.39 is 0 Å². The molecule has 5 nitrogen and oxygen atoms in total. The quantitative estimate of drug-likeness (QED) is 0.562. The number of aromatic amines is 1. The third-order valence-corrected chi connectivity index (χ3v) is 5.43. The average molecular weight is 437 g/mol. The maximum absolute atomic E-state index is 13.9. The second-order valence-electron chi connectivity index (χ2n) is 7.24. The number of fused-ring (bicyclic) bond motifs is 5. The first-order valence-corrected chi connectivity index (χ1v) is 9.70. The van der Waals surface area contributed by atoms with Gasteiger partial charge < -0.3 is 21.4 Å². The zero-order valence-electron chi connectivity index (χ0n) is 15.8. The Morgan fingerprint density at radius 2 is 2.03 bits per heavy atom. The van der Waals surface area contributed by atoms with Gasteiger partial charge in [-0.1, -0.05) is 17.7 Å². The fraction of sp³-hybridized carbons (Fsp3) is 0.286. The topological polar surface area (TPSA) is 88.1 Å². The smallest absolute Gasteiger partial charge is 0.271 e. The van der Waals surface area contributed by atoms with Crippen LogP contribution in [0.4, 0.5) is 4.39 Å². The van der Waals surface area contributed by atoms with Crippen molar-refractivity contribution in [3.8, 4) is 11.1 Å². The molecule has 4 rings (SSSR count). The molecule has 2 aromatic carbocycles. The number of nitrogens with one attached hydrogen (secondary N) is 1. The minimum Gasteiger partial charge on any atom is -0.350 e. The minimum absolute atomic E-state index is 0. The van der Waals surface area contributed by atoms with Gasteiger partial charge in [-0.05, 0) is 60.8 Å². The molecule has 1 atom stereocenters. The standard InChI is InChI=1S/C21H22ClFN4O.ClH/c22-13-3-5-16-12(8-13)10-27(11-15(25)2-1-7-24)21(28)20-19(16)17-9-14(23)4-6-18(17)26-20;/h3-6,8-9,15,26H,1-2,7,10-11,24-25H2;1H/t15-;/m0./s1. The van der Waals surface area contributed by atoms with Gasteiger partial charge in [0.2, 0.25) is 0 Å². The first-order valence-electron chi connectivity index (χ1n) is 9.33. The highest BCUT2D eigenvalue weighted by atomic mass is 35.5. The summed E-state index contributed by atoms with van der Waals surface area (Å²) in [6.45, 7) is 1.37. The summed E-state index contributed by atoms with van der Waals surface area (Å²) < 4.78 is 13.9. The SMILES string of the molecule is Cl.NCCC[C@H](N)CN1Cc2cc(Cl)ccc2-c2c([nH]c3ccc(F)cc23)C1=O. The van der Waals surface area contributed by atoms with E-state index in [0.717, 1.165) is 29.5 Å². The summed E-state index contributed by atoms with van der Waals surface area (Å²) in [5.74, 6) is -0.496. The summed E-state index contributed by atoms with van der Waals surface area (Å²) in [5.41, 5.74) is 15.5. The molecule has 1 amide bonds. The molecular formula is C21H23Cl2FN4O. The lowest BCUT2D eigenvalue weighted by molar-refractivity contribution is 0.0729. The van der Waals surface area contributed by atoms with Gasteiger partial charge in [0.25, 0.3) is 5.91 Å². The van der Waals surface area contributed by atoms with Crippen molar-refractivity contribution in [2.24, 2.45) is 11.5 Å². The Morgan fingerprint density at radius 1 is 1.24 bits per heavy atom. The minimum atomic E-state index is -0.345. The number of nitrogens with two attached hydrogens (primary N) is 2. The van der Waals surface area contributed by atoms with Gasteiger partial charge in [-0.2, -0.15) is 0 Å². The number of halogens is 3. The first kappa shape index (κ1) is 21.6. The fourth-order valence-electron chi connectivity index (χ4n) is 3.88. The Bertz CT molecular complexity index is 1050. The number of rotatable bonds is 5. The Balaban J connectivity index is 0.00000240. The van der Waals surface area contributed by atoms with Crippen molar-refractivity contribution in [2.45, 2.75) is 25.4 Å². The summed E-state index contributed by atoms with van der Waals surface area (Å²) in [5, 5.41) is 1.27. The second kappa shape index (κ2) is 8.71. The monoisotopic (exact) mass is 436 g/mol. The molecule has 0 saturated heterocycles. The van der Waals surface area contributed by atoms with Crippen molar-refractivity contribution in [3.05, 3.63) is 58.5 Å². The average Bonchev–Trinajstić information content (AvgIpc) is 2.99. The van der Waals surface area contributed by atoms with E-state index in [-0.39, 0.29) is 30.2 Å². The molecule has 0 bridgehead atoms. The van der Waals surface area contributed by atoms with E-state index in [1.165, 1.54) is 12.1 Å². The molecule has 0 spiro atoms. The van der Waals surface area contributed by atoms with Gasteiger partial charge in [-0.15, -0.1) is 12.4 Å². The normalized spacial score (nSPS) is 14.2. The Labute approximate surface area is 179 Å². The predicted octanol–water partition coefficient (Wildman–Crippen LogP) is 4.07. The Morgan fingerprint density at radius 3 is 2.79 bits per heavy atom. The number of benzene rings is 2. The van der Waals surface area contributed by atoms with Gasteiger partial charge in [0.1, 0.15) is 11.5 Å². The second-order valence-corrected chi connectivity index (χ2v) is 7.68. The van der Waals surface area contributed by atoms with Crippen LogP contribution < -0.4 is 11.5 Å². The van der Waals surface area contributed by atoms with Crippen LogP contribution in [-0.4, -0.2) is 34.9 Å². The van der Waals surface area contributed by atoms with E-state index in [9.17, 15) is 9.18 Å². The molecule has 1 aliphatic rings. The van der Waals surface area contributed by atoms with Crippen molar-refractivity contribution >= 4 is 40.8 Å². The van der Waals surface area contributed by atoms with Crippen LogP contribution >= 0.6 is 24.0 Å². The highest BCUT2D eigenvalue weighted by Gasteiger charge is 2.30. The van der Waals surface area contributed by atoms with Gasteiger partial charge >= 0.3 is 0 Å². The lowest BCUT2D eigenvalue weighted by Crippen LogP contribution is -2.40. The lowest BCUT2D eigenvalue weighted by Gasteiger charge is -2.25. The summed E-state index contributed by atoms with van der Waals surface area (Å²) in [7, 11) is 0. The molecule has 1 aromatic heterocycles. The summed E-state index contributed by atoms with van der Waals surface area (Å²) >= 11 is 6.22. The van der Waals surface area contributed by atoms with Crippen LogP contribution in [0.3, 0.4) is 0 Å². The summed E-state index contributed by atoms with van der Waals surface area (Å²) in [4.78, 5) is 18.3. The van der Waals surface area contributed by atoms with Crippen molar-refractivity contribution in [1.82, 2.24) is 9.88 Å². The van der Waals surface area contributed by atoms with E-state index in [1.54, 1.807) is 17.0 Å². The highest BCUT2D eigenvalue weighted by molar-refractivity contribution is 6.30. The Kier molecular flexibility index (Phi) is 6.49. The molecule has 8 heteroatoms. The molecule has 0 saturated carbocycles. The maximum Gasteiger partial charge on any atom is 0.271 e. The lowest BCUT2D eigenvalue weighted by atomic mass is 9.98. The van der Waals surface area contributed by atoms with Crippen LogP contribution in [0.1, 0.15) is 28.9 Å². The molecule has 154 valence electrons. The third kappa shape index (κ3) is 4.12. The summed E-state index contributed by atoms with van der Waals surface area (Å²) in [6.07, 6.45) is 1.55. The molecule has 0 radical (unpaired) electrons. The van der Waals surface area contributed by atoms with Crippen molar-refractivity contribution < 1.29 is 9.18 Å². The number of H-pyrrole nitrogens is 1. The first-order chi connectivity index (χ1) is 13.5. The van der Waals surface area contributed by atoms with Gasteiger partial charge in [-0.3, -0.25) is 4.79 Å². The zero-order valence-corrected chi connectivity index (χ0v) is 17.3. The number of aromatic nitrogens is 1. The third-order valence-electron chi connectivity index (χ3n) is 5.19. The van der Waals surface area contributed by atoms with E-state index in [0.29, 0.717) is 41.3 Å². The van der Waals surface area contributed by atoms with Gasteiger partial charge in [0.15, 0.2) is 0 Å². The number of amides is 1. The number of hydrogen-bond acceptors (Lipinski definition) is 3. The molecule has 0 aliphatic carbocycles. The van der Waals surface area contributed by atoms with E-state index in [2.05, 4.69) is 4.98 Å². The van der Waals surface area contributed by atoms with Crippen LogP contribution in [-0.2, 0) is 6.54 Å². The van der Waals surface area contributed by atoms with Crippen molar-refractivity contribution in [1.29, 1.82) is 0 Å². The van der Waals surface area contributed by atoms with Crippen LogP contribution in [0.5, 0.6) is 0 Å². The van der Waals surface area contributed by atoms with Crippen LogP contribution in [0.25, 0.3) is 22.0 Å². The number of hydrogen-bond donors (Lipinski definition) is 3. The number of nitrogens with zero attached hydrogens (tertiary/aromatic N) is 1. The van der Waals surface area contributed by atoms with Crippen LogP contribution in [0.15, 0.2) is 36.4 Å². The fourth-order valence-corrected chi connectivity index (χ4v) is 4.07. The molecule has 3 aromatic rings. The molecule has 0 unspecified atom stereocenters. The molecule has 1 aliphatic heterocycles. The van der Waals surface area contributed by atoms with Crippen molar-refractivity contribution in [2.75, 3.05) is 13.1 Å². The molecule has 2 heterocycles. The van der Waals surface area contributed by atoms with Gasteiger partial charge in [-0.25, -0.2) is 4.39 Å². The van der Waals surface area contributed by atoms with Gasteiger partial charge in [0, 0.05) is 40.6 Å². The summed E-state index contributed by atoms with van der Waals surface area (Å²) in [6, 6.07) is 9.86. The van der Waals surface area contributed by atoms with E-state index in [4.69, 9.17) is 23.1 Å². The van der Waals surface area contributed by atoms with Crippen LogP contribution in [0.2, 0.25) is 5.02 Å². The highest BCUT2D eigenvalue weighted by Crippen LogP contribution is 2.39. The maximum atomic E-state index is 13.9. The van der Waals surface area contributed by atoms with Crippen molar-refractivity contribution in [3.63, 3.8) is 0 Å². The molecule has 5 N–H and O–H groups in total.